The molecule has 3 nitrogen and oxygen atoms in total. The molecule has 1 amide bonds. The topological polar surface area (TPSA) is 32.3 Å². The Labute approximate surface area is 134 Å². The first-order valence-corrected chi connectivity index (χ1v) is 7.58. The second-order valence-electron chi connectivity index (χ2n) is 6.63. The van der Waals surface area contributed by atoms with E-state index in [1.807, 2.05) is 12.1 Å². The molecule has 0 radical (unpaired) electrons. The Bertz CT molecular complexity index is 445. The molecule has 1 aromatic carbocycles. The number of likely N-dealkylation sites (tertiary alicyclic amines) is 1. The van der Waals surface area contributed by atoms with Gasteiger partial charge in [-0.25, -0.2) is 0 Å². The van der Waals surface area contributed by atoms with Gasteiger partial charge in [-0.05, 0) is 49.0 Å². The number of nitrogens with zero attached hydrogens (tertiary/aromatic N) is 1. The van der Waals surface area contributed by atoms with Gasteiger partial charge in [0.15, 0.2) is 0 Å². The van der Waals surface area contributed by atoms with E-state index in [1.54, 1.807) is 0 Å². The maximum atomic E-state index is 12.0. The highest BCUT2D eigenvalue weighted by molar-refractivity contribution is 5.94. The minimum atomic E-state index is 0. The van der Waals surface area contributed by atoms with Gasteiger partial charge in [-0.15, -0.1) is 0 Å². The summed E-state index contributed by atoms with van der Waals surface area (Å²) in [6, 6.07) is 7.95. The van der Waals surface area contributed by atoms with Crippen molar-refractivity contribution in [2.45, 2.75) is 39.0 Å². The smallest absolute Gasteiger partial charge is 0.251 e. The standard InChI is InChI=1S/C17H26N2O.ClH/c1-17(2,3)15-8-6-14(7-9-15)16(20)18-10-13-19-11-4-5-12-19;/h6-9H,4-5,10-13H2,1-3H3,(H,18,20);1H/p-1. The predicted octanol–water partition coefficient (Wildman–Crippen LogP) is -0.186. The van der Waals surface area contributed by atoms with Crippen LogP contribution in [0, 0.1) is 0 Å². The molecule has 1 saturated heterocycles. The Kier molecular flexibility index (Phi) is 6.69. The van der Waals surface area contributed by atoms with Gasteiger partial charge >= 0.3 is 0 Å². The summed E-state index contributed by atoms with van der Waals surface area (Å²) < 4.78 is 0. The average molecular weight is 310 g/mol. The zero-order valence-electron chi connectivity index (χ0n) is 13.3. The van der Waals surface area contributed by atoms with Crippen LogP contribution in [-0.4, -0.2) is 37.0 Å². The predicted molar refractivity (Wildman–Crippen MR) is 83.1 cm³/mol. The summed E-state index contributed by atoms with van der Waals surface area (Å²) in [6.07, 6.45) is 2.59. The van der Waals surface area contributed by atoms with Gasteiger partial charge in [-0.1, -0.05) is 32.9 Å². The molecule has 0 aromatic heterocycles. The Morgan fingerprint density at radius 1 is 1.14 bits per heavy atom. The van der Waals surface area contributed by atoms with E-state index in [0.29, 0.717) is 0 Å². The van der Waals surface area contributed by atoms with Crippen molar-refractivity contribution in [3.05, 3.63) is 35.4 Å². The summed E-state index contributed by atoms with van der Waals surface area (Å²) in [6.45, 7) is 10.6. The average Bonchev–Trinajstić information content (AvgIpc) is 2.91. The minimum Gasteiger partial charge on any atom is -1.00 e. The van der Waals surface area contributed by atoms with Crippen molar-refractivity contribution < 1.29 is 17.2 Å². The van der Waals surface area contributed by atoms with Crippen molar-refractivity contribution in [2.24, 2.45) is 0 Å². The Morgan fingerprint density at radius 3 is 2.24 bits per heavy atom. The number of rotatable bonds is 4. The van der Waals surface area contributed by atoms with Crippen molar-refractivity contribution in [3.8, 4) is 0 Å². The van der Waals surface area contributed by atoms with E-state index in [2.05, 4.69) is 43.1 Å². The number of hydrogen-bond donors (Lipinski definition) is 1. The van der Waals surface area contributed by atoms with E-state index in [9.17, 15) is 4.79 Å². The monoisotopic (exact) mass is 309 g/mol. The summed E-state index contributed by atoms with van der Waals surface area (Å²) in [7, 11) is 0. The lowest BCUT2D eigenvalue weighted by Gasteiger charge is -2.19. The highest BCUT2D eigenvalue weighted by Crippen LogP contribution is 2.22. The number of benzene rings is 1. The van der Waals surface area contributed by atoms with Crippen LogP contribution < -0.4 is 17.7 Å². The molecule has 0 aliphatic carbocycles. The van der Waals surface area contributed by atoms with Crippen LogP contribution in [0.15, 0.2) is 24.3 Å². The van der Waals surface area contributed by atoms with Gasteiger partial charge in [0.05, 0.1) is 0 Å². The largest absolute Gasteiger partial charge is 1.00 e. The van der Waals surface area contributed by atoms with Crippen LogP contribution in [-0.2, 0) is 5.41 Å². The number of nitrogens with one attached hydrogen (secondary N) is 1. The van der Waals surface area contributed by atoms with Crippen LogP contribution in [0.2, 0.25) is 0 Å². The number of carbonyl (C=O) groups is 1. The second kappa shape index (κ2) is 7.81. The Morgan fingerprint density at radius 2 is 1.71 bits per heavy atom. The van der Waals surface area contributed by atoms with Crippen molar-refractivity contribution in [2.75, 3.05) is 26.2 Å². The van der Waals surface area contributed by atoms with Crippen molar-refractivity contribution in [3.63, 3.8) is 0 Å². The first-order valence-electron chi connectivity index (χ1n) is 7.58. The van der Waals surface area contributed by atoms with Gasteiger partial charge in [0.25, 0.3) is 5.91 Å². The first kappa shape index (κ1) is 18.0. The molecule has 1 aromatic rings. The third-order valence-corrected chi connectivity index (χ3v) is 3.93. The van der Waals surface area contributed by atoms with Gasteiger partial charge in [0, 0.05) is 18.7 Å². The van der Waals surface area contributed by atoms with Crippen molar-refractivity contribution in [1.82, 2.24) is 10.2 Å². The maximum absolute atomic E-state index is 12.0. The molecule has 4 heteroatoms. The highest BCUT2D eigenvalue weighted by atomic mass is 35.5. The quantitative estimate of drug-likeness (QED) is 0.836. The van der Waals surface area contributed by atoms with Crippen LogP contribution in [0.25, 0.3) is 0 Å². The summed E-state index contributed by atoms with van der Waals surface area (Å²) in [5, 5.41) is 3.00. The van der Waals surface area contributed by atoms with Crippen molar-refractivity contribution >= 4 is 5.91 Å². The zero-order chi connectivity index (χ0) is 14.6. The van der Waals surface area contributed by atoms with Crippen LogP contribution >= 0.6 is 0 Å². The maximum Gasteiger partial charge on any atom is 0.251 e. The van der Waals surface area contributed by atoms with E-state index in [0.717, 1.165) is 18.7 Å². The van der Waals surface area contributed by atoms with Crippen LogP contribution in [0.3, 0.4) is 0 Å². The van der Waals surface area contributed by atoms with Crippen LogP contribution in [0.4, 0.5) is 0 Å². The molecule has 1 heterocycles. The molecule has 1 N–H and O–H groups in total. The molecule has 21 heavy (non-hydrogen) atoms. The third kappa shape index (κ3) is 5.33. The molecule has 0 saturated carbocycles. The van der Waals surface area contributed by atoms with E-state index in [1.165, 1.54) is 31.5 Å². The molecule has 0 unspecified atom stereocenters. The number of halogens is 1. The summed E-state index contributed by atoms with van der Waals surface area (Å²) in [5.74, 6) is 0.0321. The fourth-order valence-corrected chi connectivity index (χ4v) is 2.56. The normalized spacial score (nSPS) is 15.6. The lowest BCUT2D eigenvalue weighted by Crippen LogP contribution is -3.00. The summed E-state index contributed by atoms with van der Waals surface area (Å²) >= 11 is 0. The van der Waals surface area contributed by atoms with Gasteiger partial charge in [0.2, 0.25) is 0 Å². The Balaban J connectivity index is 0.00000220. The molecule has 0 atom stereocenters. The summed E-state index contributed by atoms with van der Waals surface area (Å²) in [5.41, 5.74) is 2.13. The zero-order valence-corrected chi connectivity index (χ0v) is 14.0. The van der Waals surface area contributed by atoms with Crippen molar-refractivity contribution in [1.29, 1.82) is 0 Å². The molecule has 0 bridgehead atoms. The lowest BCUT2D eigenvalue weighted by molar-refractivity contribution is -0.0000130. The molecule has 1 aliphatic heterocycles. The Hall–Kier alpha value is -1.06. The van der Waals surface area contributed by atoms with E-state index in [-0.39, 0.29) is 23.7 Å². The lowest BCUT2D eigenvalue weighted by atomic mass is 9.87. The number of amides is 1. The van der Waals surface area contributed by atoms with Gasteiger partial charge < -0.3 is 22.6 Å². The molecule has 1 fully saturated rings. The van der Waals surface area contributed by atoms with Crippen LogP contribution in [0.1, 0.15) is 49.5 Å². The SMILES string of the molecule is CC(C)(C)c1ccc(C(=O)NCCN2CCCC2)cc1.[Cl-]. The van der Waals surface area contributed by atoms with Crippen LogP contribution in [0.5, 0.6) is 0 Å². The third-order valence-electron chi connectivity index (χ3n) is 3.93. The number of hydrogen-bond acceptors (Lipinski definition) is 2. The van der Waals surface area contributed by atoms with Gasteiger partial charge in [0.1, 0.15) is 0 Å². The molecule has 2 rings (SSSR count). The molecule has 118 valence electrons. The minimum absolute atomic E-state index is 0. The number of carbonyl (C=O) groups excluding carboxylic acids is 1. The molecular weight excluding hydrogens is 284 g/mol. The summed E-state index contributed by atoms with van der Waals surface area (Å²) in [4.78, 5) is 14.5. The second-order valence-corrected chi connectivity index (χ2v) is 6.63. The van der Waals surface area contributed by atoms with Gasteiger partial charge in [-0.2, -0.15) is 0 Å². The first-order chi connectivity index (χ1) is 9.47. The highest BCUT2D eigenvalue weighted by Gasteiger charge is 2.15. The molecular formula is C17H26ClN2O-. The fraction of sp³-hybridized carbons (Fsp3) is 0.588. The van der Waals surface area contributed by atoms with E-state index >= 15 is 0 Å². The molecule has 1 aliphatic rings. The van der Waals surface area contributed by atoms with E-state index < -0.39 is 0 Å². The fourth-order valence-electron chi connectivity index (χ4n) is 2.56. The van der Waals surface area contributed by atoms with E-state index in [4.69, 9.17) is 0 Å². The molecule has 0 spiro atoms. The van der Waals surface area contributed by atoms with Gasteiger partial charge in [-0.3, -0.25) is 4.79 Å².